The molecule has 0 bridgehead atoms. The van der Waals surface area contributed by atoms with Crippen LogP contribution in [0, 0.1) is 6.92 Å². The quantitative estimate of drug-likeness (QED) is 0.678. The van der Waals surface area contributed by atoms with Crippen LogP contribution in [0.4, 0.5) is 0 Å². The smallest absolute Gasteiger partial charge is 0.357 e. The summed E-state index contributed by atoms with van der Waals surface area (Å²) in [6.45, 7) is 5.21. The Morgan fingerprint density at radius 3 is 2.38 bits per heavy atom. The van der Waals surface area contributed by atoms with E-state index in [4.69, 9.17) is 5.11 Å². The van der Waals surface area contributed by atoms with Crippen LogP contribution in [0.25, 0.3) is 0 Å². The number of carboxylic acid groups (broad SMARTS) is 1. The zero-order valence-corrected chi connectivity index (χ0v) is 7.77. The first-order chi connectivity index (χ1) is 5.95. The molecular weight excluding hydrogens is 172 g/mol. The molecule has 0 spiro atoms. The number of hydrogen-bond donors (Lipinski definition) is 2. The normalized spacial score (nSPS) is 10.8. The molecule has 0 amide bonds. The Kier molecular flexibility index (Phi) is 2.27. The Bertz CT molecular complexity index is 341. The van der Waals surface area contributed by atoms with E-state index < -0.39 is 5.97 Å². The van der Waals surface area contributed by atoms with E-state index in [9.17, 15) is 10.0 Å². The summed E-state index contributed by atoms with van der Waals surface area (Å²) in [5.74, 6) is -0.883. The van der Waals surface area contributed by atoms with E-state index in [0.29, 0.717) is 16.2 Å². The highest BCUT2D eigenvalue weighted by atomic mass is 16.5. The number of carbonyl (C=O) groups is 1. The van der Waals surface area contributed by atoms with Gasteiger partial charge < -0.3 is 10.3 Å². The van der Waals surface area contributed by atoms with Crippen LogP contribution in [-0.2, 0) is 0 Å². The van der Waals surface area contributed by atoms with E-state index in [2.05, 4.69) is 4.98 Å². The van der Waals surface area contributed by atoms with Gasteiger partial charge in [0.2, 0.25) is 0 Å². The maximum absolute atomic E-state index is 10.7. The Labute approximate surface area is 75.6 Å². The highest BCUT2D eigenvalue weighted by molar-refractivity contribution is 5.87. The van der Waals surface area contributed by atoms with Crippen LogP contribution in [0.3, 0.4) is 0 Å². The van der Waals surface area contributed by atoms with Gasteiger partial charge in [-0.1, -0.05) is 13.8 Å². The molecule has 1 aromatic rings. The monoisotopic (exact) mass is 184 g/mol. The van der Waals surface area contributed by atoms with Crippen molar-refractivity contribution in [1.82, 2.24) is 9.71 Å². The van der Waals surface area contributed by atoms with Crippen molar-refractivity contribution >= 4 is 5.97 Å². The fourth-order valence-corrected chi connectivity index (χ4v) is 1.15. The molecule has 2 N–H and O–H groups in total. The van der Waals surface area contributed by atoms with Crippen molar-refractivity contribution in [1.29, 1.82) is 0 Å². The molecule has 0 saturated heterocycles. The molecule has 13 heavy (non-hydrogen) atoms. The zero-order valence-electron chi connectivity index (χ0n) is 7.77. The maximum Gasteiger partial charge on any atom is 0.357 e. The molecule has 0 unspecified atom stereocenters. The molecule has 1 rings (SSSR count). The second kappa shape index (κ2) is 3.08. The molecule has 0 aliphatic rings. The molecule has 5 heteroatoms. The fourth-order valence-electron chi connectivity index (χ4n) is 1.15. The SMILES string of the molecule is Cc1nc(C(C)C)c(C(=O)O)n1O. The number of carboxylic acids is 1. The van der Waals surface area contributed by atoms with Gasteiger partial charge in [0.05, 0.1) is 5.69 Å². The third kappa shape index (κ3) is 1.49. The molecule has 0 saturated carbocycles. The van der Waals surface area contributed by atoms with Crippen LogP contribution >= 0.6 is 0 Å². The number of nitrogens with zero attached hydrogens (tertiary/aromatic N) is 2. The van der Waals surface area contributed by atoms with Gasteiger partial charge in [-0.2, -0.15) is 4.73 Å². The summed E-state index contributed by atoms with van der Waals surface area (Å²) in [4.78, 5) is 14.7. The predicted octanol–water partition coefficient (Wildman–Crippen LogP) is 1.25. The van der Waals surface area contributed by atoms with Crippen molar-refractivity contribution < 1.29 is 15.1 Å². The van der Waals surface area contributed by atoms with E-state index >= 15 is 0 Å². The molecule has 0 aliphatic heterocycles. The number of aromatic nitrogens is 2. The molecule has 0 aliphatic carbocycles. The first kappa shape index (κ1) is 9.57. The second-order valence-electron chi connectivity index (χ2n) is 3.16. The molecule has 72 valence electrons. The zero-order chi connectivity index (χ0) is 10.2. The molecular formula is C8H12N2O3. The van der Waals surface area contributed by atoms with E-state index in [-0.39, 0.29) is 11.6 Å². The van der Waals surface area contributed by atoms with Crippen LogP contribution in [0.5, 0.6) is 0 Å². The topological polar surface area (TPSA) is 75.3 Å². The first-order valence-corrected chi connectivity index (χ1v) is 3.97. The lowest BCUT2D eigenvalue weighted by atomic mass is 10.1. The van der Waals surface area contributed by atoms with Gasteiger partial charge in [-0.3, -0.25) is 0 Å². The minimum Gasteiger partial charge on any atom is -0.476 e. The Morgan fingerprint density at radius 2 is 2.08 bits per heavy atom. The minimum atomic E-state index is -1.16. The summed E-state index contributed by atoms with van der Waals surface area (Å²) in [6, 6.07) is 0. The van der Waals surface area contributed by atoms with Gasteiger partial charge in [0.1, 0.15) is 5.82 Å². The van der Waals surface area contributed by atoms with Crippen molar-refractivity contribution in [2.75, 3.05) is 0 Å². The third-order valence-corrected chi connectivity index (χ3v) is 1.79. The average Bonchev–Trinajstić information content (AvgIpc) is 2.28. The van der Waals surface area contributed by atoms with Crippen LogP contribution < -0.4 is 0 Å². The van der Waals surface area contributed by atoms with Crippen LogP contribution in [0.15, 0.2) is 0 Å². The van der Waals surface area contributed by atoms with E-state index in [1.54, 1.807) is 6.92 Å². The van der Waals surface area contributed by atoms with E-state index in [1.165, 1.54) is 0 Å². The summed E-state index contributed by atoms with van der Waals surface area (Å²) < 4.78 is 0.609. The molecule has 0 aromatic carbocycles. The van der Waals surface area contributed by atoms with Gasteiger partial charge in [0.15, 0.2) is 5.69 Å². The third-order valence-electron chi connectivity index (χ3n) is 1.79. The summed E-state index contributed by atoms with van der Waals surface area (Å²) >= 11 is 0. The van der Waals surface area contributed by atoms with Crippen molar-refractivity contribution in [3.05, 3.63) is 17.2 Å². The highest BCUT2D eigenvalue weighted by Crippen LogP contribution is 2.18. The number of aromatic carboxylic acids is 1. The van der Waals surface area contributed by atoms with E-state index in [0.717, 1.165) is 0 Å². The molecule has 1 heterocycles. The molecule has 1 aromatic heterocycles. The van der Waals surface area contributed by atoms with Gasteiger partial charge in [-0.05, 0) is 12.8 Å². The number of imidazole rings is 1. The average molecular weight is 184 g/mol. The van der Waals surface area contributed by atoms with Crippen molar-refractivity contribution in [3.8, 4) is 0 Å². The van der Waals surface area contributed by atoms with Crippen LogP contribution in [0.1, 0.15) is 41.8 Å². The van der Waals surface area contributed by atoms with Gasteiger partial charge in [0.25, 0.3) is 0 Å². The maximum atomic E-state index is 10.7. The second-order valence-corrected chi connectivity index (χ2v) is 3.16. The van der Waals surface area contributed by atoms with Crippen LogP contribution in [0.2, 0.25) is 0 Å². The highest BCUT2D eigenvalue weighted by Gasteiger charge is 2.22. The van der Waals surface area contributed by atoms with Crippen LogP contribution in [-0.4, -0.2) is 26.0 Å². The standard InChI is InChI=1S/C8H12N2O3/c1-4(2)6-7(8(11)12)10(13)5(3)9-6/h4,13H,1-3H3,(H,11,12). The predicted molar refractivity (Wildman–Crippen MR) is 45.2 cm³/mol. The number of aryl methyl sites for hydroxylation is 1. The number of hydrogen-bond acceptors (Lipinski definition) is 3. The first-order valence-electron chi connectivity index (χ1n) is 3.97. The minimum absolute atomic E-state index is 0.0156. The Balaban J connectivity index is 3.35. The fraction of sp³-hybridized carbons (Fsp3) is 0.500. The van der Waals surface area contributed by atoms with Gasteiger partial charge >= 0.3 is 5.97 Å². The molecule has 0 fully saturated rings. The molecule has 0 radical (unpaired) electrons. The Hall–Kier alpha value is -1.52. The summed E-state index contributed by atoms with van der Waals surface area (Å²) in [5.41, 5.74) is 0.264. The van der Waals surface area contributed by atoms with Gasteiger partial charge in [-0.15, -0.1) is 0 Å². The van der Waals surface area contributed by atoms with Gasteiger partial charge in [-0.25, -0.2) is 9.78 Å². The number of rotatable bonds is 2. The summed E-state index contributed by atoms with van der Waals surface area (Å²) in [7, 11) is 0. The van der Waals surface area contributed by atoms with Crippen molar-refractivity contribution in [2.45, 2.75) is 26.7 Å². The largest absolute Gasteiger partial charge is 0.476 e. The van der Waals surface area contributed by atoms with E-state index in [1.807, 2.05) is 13.8 Å². The summed E-state index contributed by atoms with van der Waals surface area (Å²) in [6.07, 6.45) is 0. The van der Waals surface area contributed by atoms with Crippen molar-refractivity contribution in [3.63, 3.8) is 0 Å². The lowest BCUT2D eigenvalue weighted by molar-refractivity contribution is 0.0638. The molecule has 0 atom stereocenters. The lowest BCUT2D eigenvalue weighted by Crippen LogP contribution is -2.09. The van der Waals surface area contributed by atoms with Crippen molar-refractivity contribution in [2.24, 2.45) is 0 Å². The Morgan fingerprint density at radius 1 is 1.54 bits per heavy atom. The summed E-state index contributed by atoms with van der Waals surface area (Å²) in [5, 5.41) is 18.1. The molecule has 5 nitrogen and oxygen atoms in total. The lowest BCUT2D eigenvalue weighted by Gasteiger charge is -2.01. The van der Waals surface area contributed by atoms with Gasteiger partial charge in [0, 0.05) is 0 Å².